The summed E-state index contributed by atoms with van der Waals surface area (Å²) in [6.45, 7) is 0. The lowest BCUT2D eigenvalue weighted by molar-refractivity contribution is 0.606. The molecule has 32 heavy (non-hydrogen) atoms. The number of rotatable bonds is 5. The number of aryl methyl sites for hydroxylation is 1. The Balaban J connectivity index is 1.91. The van der Waals surface area contributed by atoms with E-state index in [1.807, 2.05) is 30.3 Å². The zero-order chi connectivity index (χ0) is 22.7. The molecule has 4 N–H and O–H groups in total. The van der Waals surface area contributed by atoms with E-state index < -0.39 is 5.82 Å². The first-order valence-corrected chi connectivity index (χ1v) is 9.75. The Morgan fingerprint density at radius 2 is 1.84 bits per heavy atom. The number of halogens is 1. The fraction of sp³-hybridized carbons (Fsp3) is 0.0870. The quantitative estimate of drug-likeness (QED) is 0.371. The fourth-order valence-electron chi connectivity index (χ4n) is 3.25. The van der Waals surface area contributed by atoms with Crippen molar-refractivity contribution < 1.29 is 4.39 Å². The predicted octanol–water partition coefficient (Wildman–Crippen LogP) is 2.86. The first-order chi connectivity index (χ1) is 15.4. The van der Waals surface area contributed by atoms with E-state index in [1.54, 1.807) is 19.3 Å². The minimum absolute atomic E-state index is 0.00740. The third-order valence-corrected chi connectivity index (χ3v) is 4.76. The van der Waals surface area contributed by atoms with Crippen LogP contribution < -0.4 is 17.0 Å². The zero-order valence-electron chi connectivity index (χ0n) is 17.2. The number of nitrogen functional groups attached to an aromatic ring is 1. The summed E-state index contributed by atoms with van der Waals surface area (Å²) in [5.74, 6) is -0.154. The molecule has 0 aliphatic carbocycles. The molecule has 0 radical (unpaired) electrons. The first-order valence-electron chi connectivity index (χ1n) is 9.75. The van der Waals surface area contributed by atoms with Gasteiger partial charge in [0, 0.05) is 36.6 Å². The molecule has 0 aliphatic heterocycles. The van der Waals surface area contributed by atoms with Gasteiger partial charge in [0.1, 0.15) is 11.7 Å². The van der Waals surface area contributed by atoms with Crippen LogP contribution in [0.3, 0.4) is 0 Å². The predicted molar refractivity (Wildman–Crippen MR) is 122 cm³/mol. The van der Waals surface area contributed by atoms with Gasteiger partial charge in [-0.15, -0.1) is 0 Å². The van der Waals surface area contributed by atoms with Crippen LogP contribution in [0, 0.1) is 5.82 Å². The molecule has 0 unspecified atom stereocenters. The molecule has 4 rings (SSSR count). The highest BCUT2D eigenvalue weighted by Gasteiger charge is 2.18. The van der Waals surface area contributed by atoms with Crippen molar-refractivity contribution in [2.45, 2.75) is 6.42 Å². The van der Waals surface area contributed by atoms with Crippen LogP contribution in [0.5, 0.6) is 0 Å². The van der Waals surface area contributed by atoms with Crippen molar-refractivity contribution in [3.63, 3.8) is 0 Å². The molecule has 0 fully saturated rings. The van der Waals surface area contributed by atoms with E-state index in [9.17, 15) is 9.18 Å². The lowest BCUT2D eigenvalue weighted by Crippen LogP contribution is -2.17. The van der Waals surface area contributed by atoms with Crippen LogP contribution in [0.25, 0.3) is 22.4 Å². The molecule has 0 aliphatic rings. The van der Waals surface area contributed by atoms with Crippen molar-refractivity contribution >= 4 is 17.6 Å². The van der Waals surface area contributed by atoms with E-state index >= 15 is 0 Å². The van der Waals surface area contributed by atoms with Crippen LogP contribution in [0.4, 0.5) is 16.2 Å². The standard InChI is InChI=1S/C23H20FN7O/c1-31-13-15(9-10-19(31)32)20-21(14-6-3-2-4-7-14)29-23(26)30-22(20)28-18(25)12-17-16(24)8-5-11-27-17/h2-11,13H,12H2,1H3,(H4,25,26,28,29,30). The number of pyridine rings is 2. The largest absolute Gasteiger partial charge is 0.387 e. The van der Waals surface area contributed by atoms with Gasteiger partial charge in [-0.2, -0.15) is 4.98 Å². The number of aliphatic imine (C=N–C) groups is 1. The SMILES string of the molecule is Cn1cc(-c2c(N=C(N)Cc3ncccc3F)nc(N)nc2-c2ccccc2)ccc1=O. The molecule has 0 atom stereocenters. The van der Waals surface area contributed by atoms with Gasteiger partial charge in [-0.1, -0.05) is 30.3 Å². The van der Waals surface area contributed by atoms with Crippen molar-refractivity contribution in [1.29, 1.82) is 0 Å². The Hall–Kier alpha value is -4.40. The van der Waals surface area contributed by atoms with Gasteiger partial charge in [-0.05, 0) is 18.2 Å². The molecule has 9 heteroatoms. The summed E-state index contributed by atoms with van der Waals surface area (Å²) in [5, 5.41) is 0. The summed E-state index contributed by atoms with van der Waals surface area (Å²) in [4.78, 5) is 29.1. The molecule has 0 spiro atoms. The Labute approximate surface area is 183 Å². The van der Waals surface area contributed by atoms with E-state index in [0.29, 0.717) is 16.8 Å². The van der Waals surface area contributed by atoms with Gasteiger partial charge in [-0.3, -0.25) is 9.78 Å². The first kappa shape index (κ1) is 20.9. The van der Waals surface area contributed by atoms with Crippen LogP contribution in [0.2, 0.25) is 0 Å². The van der Waals surface area contributed by atoms with E-state index in [-0.39, 0.29) is 35.3 Å². The number of aromatic nitrogens is 4. The molecular formula is C23H20FN7O. The minimum atomic E-state index is -0.476. The lowest BCUT2D eigenvalue weighted by Gasteiger charge is -2.14. The monoisotopic (exact) mass is 429 g/mol. The zero-order valence-corrected chi connectivity index (χ0v) is 17.2. The number of anilines is 1. The summed E-state index contributed by atoms with van der Waals surface area (Å²) in [6, 6.07) is 15.3. The highest BCUT2D eigenvalue weighted by atomic mass is 19.1. The normalized spacial score (nSPS) is 11.5. The average molecular weight is 429 g/mol. The molecule has 3 heterocycles. The van der Waals surface area contributed by atoms with Crippen LogP contribution in [-0.4, -0.2) is 25.4 Å². The van der Waals surface area contributed by atoms with Crippen molar-refractivity contribution in [3.8, 4) is 22.4 Å². The van der Waals surface area contributed by atoms with E-state index in [1.165, 1.54) is 29.0 Å². The maximum absolute atomic E-state index is 14.0. The van der Waals surface area contributed by atoms with Crippen LogP contribution >= 0.6 is 0 Å². The third-order valence-electron chi connectivity index (χ3n) is 4.76. The van der Waals surface area contributed by atoms with Crippen molar-refractivity contribution in [1.82, 2.24) is 19.5 Å². The Bertz CT molecular complexity index is 1370. The molecular weight excluding hydrogens is 409 g/mol. The van der Waals surface area contributed by atoms with Gasteiger partial charge in [0.15, 0.2) is 5.82 Å². The molecule has 0 amide bonds. The van der Waals surface area contributed by atoms with Crippen LogP contribution in [0.15, 0.2) is 76.8 Å². The summed E-state index contributed by atoms with van der Waals surface area (Å²) in [7, 11) is 1.65. The topological polar surface area (TPSA) is 125 Å². The molecule has 8 nitrogen and oxygen atoms in total. The van der Waals surface area contributed by atoms with Crippen molar-refractivity contribution in [2.75, 3.05) is 5.73 Å². The van der Waals surface area contributed by atoms with E-state index in [4.69, 9.17) is 11.5 Å². The number of benzene rings is 1. The Morgan fingerprint density at radius 3 is 2.56 bits per heavy atom. The molecule has 0 bridgehead atoms. The number of amidine groups is 1. The second-order valence-electron chi connectivity index (χ2n) is 7.07. The molecule has 3 aromatic heterocycles. The van der Waals surface area contributed by atoms with Gasteiger partial charge in [0.05, 0.1) is 23.4 Å². The highest BCUT2D eigenvalue weighted by Crippen LogP contribution is 2.37. The summed E-state index contributed by atoms with van der Waals surface area (Å²) in [6.07, 6.45) is 3.14. The summed E-state index contributed by atoms with van der Waals surface area (Å²) < 4.78 is 15.5. The summed E-state index contributed by atoms with van der Waals surface area (Å²) >= 11 is 0. The maximum atomic E-state index is 14.0. The highest BCUT2D eigenvalue weighted by molar-refractivity contribution is 5.92. The minimum Gasteiger partial charge on any atom is -0.387 e. The fourth-order valence-corrected chi connectivity index (χ4v) is 3.25. The molecule has 160 valence electrons. The van der Waals surface area contributed by atoms with Gasteiger partial charge in [-0.25, -0.2) is 14.4 Å². The van der Waals surface area contributed by atoms with E-state index in [2.05, 4.69) is 19.9 Å². The number of hydrogen-bond donors (Lipinski definition) is 2. The van der Waals surface area contributed by atoms with Gasteiger partial charge >= 0.3 is 0 Å². The van der Waals surface area contributed by atoms with Crippen molar-refractivity contribution in [2.24, 2.45) is 17.8 Å². The average Bonchev–Trinajstić information content (AvgIpc) is 2.77. The molecule has 4 aromatic rings. The smallest absolute Gasteiger partial charge is 0.250 e. The Morgan fingerprint density at radius 1 is 1.06 bits per heavy atom. The lowest BCUT2D eigenvalue weighted by atomic mass is 10.0. The second-order valence-corrected chi connectivity index (χ2v) is 7.07. The molecule has 0 saturated carbocycles. The molecule has 0 saturated heterocycles. The number of nitrogens with zero attached hydrogens (tertiary/aromatic N) is 5. The van der Waals surface area contributed by atoms with Gasteiger partial charge in [0.2, 0.25) is 11.5 Å². The van der Waals surface area contributed by atoms with Crippen LogP contribution in [-0.2, 0) is 13.5 Å². The van der Waals surface area contributed by atoms with Gasteiger partial charge < -0.3 is 16.0 Å². The third kappa shape index (κ3) is 4.36. The maximum Gasteiger partial charge on any atom is 0.250 e. The molecule has 1 aromatic carbocycles. The van der Waals surface area contributed by atoms with Gasteiger partial charge in [0.25, 0.3) is 0 Å². The van der Waals surface area contributed by atoms with E-state index in [0.717, 1.165) is 5.56 Å². The summed E-state index contributed by atoms with van der Waals surface area (Å²) in [5.41, 5.74) is 14.7. The number of hydrogen-bond acceptors (Lipinski definition) is 6. The Kier molecular flexibility index (Phi) is 5.71. The number of nitrogens with two attached hydrogens (primary N) is 2. The second kappa shape index (κ2) is 8.76. The van der Waals surface area contributed by atoms with Crippen LogP contribution in [0.1, 0.15) is 5.69 Å². The van der Waals surface area contributed by atoms with Crippen molar-refractivity contribution in [3.05, 3.63) is 88.9 Å².